The lowest BCUT2D eigenvalue weighted by Gasteiger charge is -2.07. The molecule has 0 radical (unpaired) electrons. The summed E-state index contributed by atoms with van der Waals surface area (Å²) < 4.78 is 5.49. The van der Waals surface area contributed by atoms with Gasteiger partial charge in [0.2, 0.25) is 0 Å². The van der Waals surface area contributed by atoms with Gasteiger partial charge < -0.3 is 4.74 Å². The van der Waals surface area contributed by atoms with E-state index in [1.54, 1.807) is 0 Å². The summed E-state index contributed by atoms with van der Waals surface area (Å²) in [6.07, 6.45) is 3.69. The highest BCUT2D eigenvalue weighted by Gasteiger charge is 2.37. The van der Waals surface area contributed by atoms with E-state index in [1.807, 2.05) is 0 Å². The van der Waals surface area contributed by atoms with Crippen LogP contribution in [0.3, 0.4) is 0 Å². The zero-order valence-corrected chi connectivity index (χ0v) is 5.74. The molecular weight excluding hydrogens is 100 g/mol. The molecule has 0 aromatic carbocycles. The second-order valence-electron chi connectivity index (χ2n) is 2.80. The number of ether oxygens (including phenoxy) is 1. The normalized spacial score (nSPS) is 23.2. The molecule has 1 aliphatic carbocycles. The van der Waals surface area contributed by atoms with E-state index in [0.29, 0.717) is 5.60 Å². The number of hydrogen-bond donors (Lipinski definition) is 0. The molecule has 0 atom stereocenters. The summed E-state index contributed by atoms with van der Waals surface area (Å²) in [7, 11) is 0. The third-order valence-electron chi connectivity index (χ3n) is 1.61. The Bertz CT molecular complexity index is 74.5. The maximum atomic E-state index is 5.49. The lowest BCUT2D eigenvalue weighted by molar-refractivity contribution is 0.0469. The Balaban J connectivity index is 2.01. The Morgan fingerprint density at radius 2 is 2.12 bits per heavy atom. The predicted octanol–water partition coefficient (Wildman–Crippen LogP) is 1.97. The number of rotatable bonds is 3. The molecule has 0 amide bonds. The van der Waals surface area contributed by atoms with Crippen LogP contribution < -0.4 is 0 Å². The predicted molar refractivity (Wildman–Crippen MR) is 33.9 cm³/mol. The fourth-order valence-electron chi connectivity index (χ4n) is 0.669. The van der Waals surface area contributed by atoms with Gasteiger partial charge in [0.1, 0.15) is 0 Å². The first-order chi connectivity index (χ1) is 3.77. The van der Waals surface area contributed by atoms with Crippen molar-refractivity contribution in [2.45, 2.75) is 38.7 Å². The highest BCUT2D eigenvalue weighted by Crippen LogP contribution is 2.38. The van der Waals surface area contributed by atoms with Gasteiger partial charge in [-0.25, -0.2) is 0 Å². The van der Waals surface area contributed by atoms with Crippen molar-refractivity contribution in [1.82, 2.24) is 0 Å². The van der Waals surface area contributed by atoms with E-state index < -0.39 is 0 Å². The van der Waals surface area contributed by atoms with E-state index in [9.17, 15) is 0 Å². The van der Waals surface area contributed by atoms with Crippen molar-refractivity contribution in [3.63, 3.8) is 0 Å². The molecule has 0 aromatic rings. The van der Waals surface area contributed by atoms with E-state index in [4.69, 9.17) is 4.74 Å². The molecule has 0 bridgehead atoms. The van der Waals surface area contributed by atoms with Gasteiger partial charge in [0.25, 0.3) is 0 Å². The highest BCUT2D eigenvalue weighted by molar-refractivity contribution is 4.90. The minimum absolute atomic E-state index is 0.302. The molecule has 0 N–H and O–H groups in total. The van der Waals surface area contributed by atoms with Crippen LogP contribution in [0.4, 0.5) is 0 Å². The molecule has 48 valence electrons. The van der Waals surface area contributed by atoms with Gasteiger partial charge in [-0.3, -0.25) is 0 Å². The summed E-state index contributed by atoms with van der Waals surface area (Å²) in [6, 6.07) is 0. The molecule has 1 saturated carbocycles. The van der Waals surface area contributed by atoms with Crippen LogP contribution in [0.25, 0.3) is 0 Å². The number of hydrogen-bond acceptors (Lipinski definition) is 1. The minimum atomic E-state index is 0.302. The zero-order chi connectivity index (χ0) is 6.04. The SMILES string of the molecule is CCCOC1(C)CC1. The molecule has 0 heterocycles. The Morgan fingerprint density at radius 1 is 1.50 bits per heavy atom. The molecule has 0 unspecified atom stereocenters. The average molecular weight is 114 g/mol. The first-order valence-electron chi connectivity index (χ1n) is 3.41. The Labute approximate surface area is 51.0 Å². The lowest BCUT2D eigenvalue weighted by atomic mass is 10.4. The van der Waals surface area contributed by atoms with Crippen molar-refractivity contribution in [2.24, 2.45) is 0 Å². The standard InChI is InChI=1S/C7H14O/c1-3-6-8-7(2)4-5-7/h3-6H2,1-2H3. The fourth-order valence-corrected chi connectivity index (χ4v) is 0.669. The molecule has 1 heteroatoms. The average Bonchev–Trinajstić information content (AvgIpc) is 2.45. The first kappa shape index (κ1) is 6.09. The molecule has 0 saturated heterocycles. The first-order valence-corrected chi connectivity index (χ1v) is 3.41. The van der Waals surface area contributed by atoms with Gasteiger partial charge in [-0.05, 0) is 26.2 Å². The summed E-state index contributed by atoms with van der Waals surface area (Å²) in [4.78, 5) is 0. The molecular formula is C7H14O. The van der Waals surface area contributed by atoms with Crippen LogP contribution in [0.1, 0.15) is 33.1 Å². The molecule has 1 nitrogen and oxygen atoms in total. The van der Waals surface area contributed by atoms with Crippen molar-refractivity contribution < 1.29 is 4.74 Å². The van der Waals surface area contributed by atoms with E-state index in [0.717, 1.165) is 13.0 Å². The summed E-state index contributed by atoms with van der Waals surface area (Å²) in [5.74, 6) is 0. The van der Waals surface area contributed by atoms with Crippen LogP contribution in [-0.4, -0.2) is 12.2 Å². The molecule has 0 aromatic heterocycles. The van der Waals surface area contributed by atoms with Gasteiger partial charge in [-0.2, -0.15) is 0 Å². The van der Waals surface area contributed by atoms with Gasteiger partial charge in [-0.1, -0.05) is 6.92 Å². The highest BCUT2D eigenvalue weighted by atomic mass is 16.5. The van der Waals surface area contributed by atoms with Crippen LogP contribution >= 0.6 is 0 Å². The van der Waals surface area contributed by atoms with E-state index in [2.05, 4.69) is 13.8 Å². The monoisotopic (exact) mass is 114 g/mol. The summed E-state index contributed by atoms with van der Waals surface area (Å²) in [5.41, 5.74) is 0.302. The van der Waals surface area contributed by atoms with Gasteiger partial charge in [0.05, 0.1) is 5.60 Å². The second kappa shape index (κ2) is 2.06. The topological polar surface area (TPSA) is 9.23 Å². The van der Waals surface area contributed by atoms with Crippen molar-refractivity contribution >= 4 is 0 Å². The Kier molecular flexibility index (Phi) is 1.57. The fraction of sp³-hybridized carbons (Fsp3) is 1.00. The van der Waals surface area contributed by atoms with Crippen LogP contribution in [0, 0.1) is 0 Å². The summed E-state index contributed by atoms with van der Waals surface area (Å²) in [6.45, 7) is 5.27. The zero-order valence-electron chi connectivity index (χ0n) is 5.74. The van der Waals surface area contributed by atoms with Crippen LogP contribution in [0.15, 0.2) is 0 Å². The Hall–Kier alpha value is -0.0400. The smallest absolute Gasteiger partial charge is 0.0656 e. The van der Waals surface area contributed by atoms with Crippen molar-refractivity contribution in [2.75, 3.05) is 6.61 Å². The van der Waals surface area contributed by atoms with Crippen molar-refractivity contribution in [3.05, 3.63) is 0 Å². The minimum Gasteiger partial charge on any atom is -0.375 e. The third-order valence-corrected chi connectivity index (χ3v) is 1.61. The van der Waals surface area contributed by atoms with E-state index >= 15 is 0 Å². The molecule has 1 rings (SSSR count). The maximum Gasteiger partial charge on any atom is 0.0656 e. The summed E-state index contributed by atoms with van der Waals surface area (Å²) in [5, 5.41) is 0. The molecule has 1 fully saturated rings. The van der Waals surface area contributed by atoms with Crippen LogP contribution in [0.2, 0.25) is 0 Å². The van der Waals surface area contributed by atoms with Gasteiger partial charge in [0.15, 0.2) is 0 Å². The maximum absolute atomic E-state index is 5.49. The Morgan fingerprint density at radius 3 is 2.50 bits per heavy atom. The lowest BCUT2D eigenvalue weighted by Crippen LogP contribution is -2.08. The van der Waals surface area contributed by atoms with E-state index in [-0.39, 0.29) is 0 Å². The second-order valence-corrected chi connectivity index (χ2v) is 2.80. The molecule has 8 heavy (non-hydrogen) atoms. The van der Waals surface area contributed by atoms with Crippen LogP contribution in [0.5, 0.6) is 0 Å². The summed E-state index contributed by atoms with van der Waals surface area (Å²) >= 11 is 0. The van der Waals surface area contributed by atoms with Crippen molar-refractivity contribution in [1.29, 1.82) is 0 Å². The van der Waals surface area contributed by atoms with Crippen LogP contribution in [-0.2, 0) is 4.74 Å². The van der Waals surface area contributed by atoms with Crippen molar-refractivity contribution in [3.8, 4) is 0 Å². The molecule has 1 aliphatic rings. The quantitative estimate of drug-likeness (QED) is 0.545. The molecule has 0 aliphatic heterocycles. The van der Waals surface area contributed by atoms with Gasteiger partial charge >= 0.3 is 0 Å². The largest absolute Gasteiger partial charge is 0.375 e. The molecule has 0 spiro atoms. The van der Waals surface area contributed by atoms with Gasteiger partial charge in [-0.15, -0.1) is 0 Å². The van der Waals surface area contributed by atoms with Gasteiger partial charge in [0, 0.05) is 6.61 Å². The third kappa shape index (κ3) is 1.48. The van der Waals surface area contributed by atoms with E-state index in [1.165, 1.54) is 12.8 Å².